The van der Waals surface area contributed by atoms with E-state index < -0.39 is 31.0 Å². The Morgan fingerprint density at radius 3 is 2.38 bits per heavy atom. The fourth-order valence-electron chi connectivity index (χ4n) is 0.776. The molecule has 0 aliphatic carbocycles. The number of aliphatic carboxylic acids is 1. The topological polar surface area (TPSA) is 66.4 Å². The van der Waals surface area contributed by atoms with Gasteiger partial charge in [-0.2, -0.15) is 13.2 Å². The highest BCUT2D eigenvalue weighted by Gasteiger charge is 2.32. The molecule has 0 aromatic heterocycles. The molecule has 1 unspecified atom stereocenters. The molecule has 0 heterocycles. The summed E-state index contributed by atoms with van der Waals surface area (Å²) in [7, 11) is 0. The molecule has 0 aromatic rings. The SMILES string of the molecule is O=CNC(CC(=O)O)CC(F)(F)F. The number of carbonyl (C=O) groups is 2. The summed E-state index contributed by atoms with van der Waals surface area (Å²) in [6.07, 6.45) is -6.49. The second-order valence-corrected chi connectivity index (χ2v) is 2.40. The van der Waals surface area contributed by atoms with Crippen molar-refractivity contribution in [3.8, 4) is 0 Å². The van der Waals surface area contributed by atoms with Crippen molar-refractivity contribution >= 4 is 12.4 Å². The molecular formula is C6H8F3NO3. The maximum atomic E-state index is 11.7. The molecule has 2 N–H and O–H groups in total. The standard InChI is InChI=1S/C6H8F3NO3/c7-6(8,9)2-4(10-3-11)1-5(12)13/h3-4H,1-2H2,(H,10,11)(H,12,13). The molecular weight excluding hydrogens is 191 g/mol. The molecule has 76 valence electrons. The first-order chi connectivity index (χ1) is 5.85. The molecule has 1 amide bonds. The van der Waals surface area contributed by atoms with Gasteiger partial charge in [-0.05, 0) is 0 Å². The van der Waals surface area contributed by atoms with Crippen molar-refractivity contribution in [3.05, 3.63) is 0 Å². The summed E-state index contributed by atoms with van der Waals surface area (Å²) in [5.41, 5.74) is 0. The second kappa shape index (κ2) is 4.68. The number of carboxylic acid groups (broad SMARTS) is 1. The smallest absolute Gasteiger partial charge is 0.391 e. The predicted octanol–water partition coefficient (Wildman–Crippen LogP) is 0.528. The van der Waals surface area contributed by atoms with Gasteiger partial charge in [0.15, 0.2) is 0 Å². The first kappa shape index (κ1) is 11.7. The lowest BCUT2D eigenvalue weighted by Gasteiger charge is -2.15. The van der Waals surface area contributed by atoms with Gasteiger partial charge in [-0.1, -0.05) is 0 Å². The summed E-state index contributed by atoms with van der Waals surface area (Å²) < 4.78 is 35.2. The number of halogens is 3. The maximum absolute atomic E-state index is 11.7. The monoisotopic (exact) mass is 199 g/mol. The molecule has 7 heteroatoms. The van der Waals surface area contributed by atoms with E-state index in [1.807, 2.05) is 0 Å². The van der Waals surface area contributed by atoms with Gasteiger partial charge in [0, 0.05) is 6.04 Å². The summed E-state index contributed by atoms with van der Waals surface area (Å²) >= 11 is 0. The number of hydrogen-bond acceptors (Lipinski definition) is 2. The van der Waals surface area contributed by atoms with Gasteiger partial charge in [0.25, 0.3) is 0 Å². The number of rotatable bonds is 5. The van der Waals surface area contributed by atoms with Crippen molar-refractivity contribution in [1.29, 1.82) is 0 Å². The minimum atomic E-state index is -4.48. The van der Waals surface area contributed by atoms with Gasteiger partial charge in [-0.3, -0.25) is 9.59 Å². The molecule has 13 heavy (non-hydrogen) atoms. The van der Waals surface area contributed by atoms with E-state index in [0.29, 0.717) is 0 Å². The highest BCUT2D eigenvalue weighted by Crippen LogP contribution is 2.22. The molecule has 0 bridgehead atoms. The van der Waals surface area contributed by atoms with E-state index in [-0.39, 0.29) is 6.41 Å². The van der Waals surface area contributed by atoms with Crippen LogP contribution in [0.1, 0.15) is 12.8 Å². The van der Waals surface area contributed by atoms with Crippen LogP contribution in [-0.4, -0.2) is 29.7 Å². The molecule has 0 spiro atoms. The van der Waals surface area contributed by atoms with Gasteiger partial charge >= 0.3 is 12.1 Å². The van der Waals surface area contributed by atoms with Crippen molar-refractivity contribution in [2.45, 2.75) is 25.1 Å². The average molecular weight is 199 g/mol. The van der Waals surface area contributed by atoms with Gasteiger partial charge in [0.1, 0.15) is 0 Å². The second-order valence-electron chi connectivity index (χ2n) is 2.40. The Balaban J connectivity index is 4.09. The first-order valence-corrected chi connectivity index (χ1v) is 3.33. The van der Waals surface area contributed by atoms with E-state index in [0.717, 1.165) is 0 Å². The first-order valence-electron chi connectivity index (χ1n) is 3.33. The normalized spacial score (nSPS) is 13.5. The fraction of sp³-hybridized carbons (Fsp3) is 0.667. The number of amides is 1. The molecule has 0 saturated heterocycles. The average Bonchev–Trinajstić information content (AvgIpc) is 1.81. The Bertz CT molecular complexity index is 192. The Labute approximate surface area is 71.7 Å². The molecule has 0 aromatic carbocycles. The van der Waals surface area contributed by atoms with Crippen LogP contribution in [0, 0.1) is 0 Å². The lowest BCUT2D eigenvalue weighted by atomic mass is 10.1. The van der Waals surface area contributed by atoms with Crippen molar-refractivity contribution < 1.29 is 27.9 Å². The Kier molecular flexibility index (Phi) is 4.22. The van der Waals surface area contributed by atoms with Crippen LogP contribution in [0.4, 0.5) is 13.2 Å². The number of hydrogen-bond donors (Lipinski definition) is 2. The summed E-state index contributed by atoms with van der Waals surface area (Å²) in [6, 6.07) is -1.39. The lowest BCUT2D eigenvalue weighted by Crippen LogP contribution is -2.34. The van der Waals surface area contributed by atoms with Crippen LogP contribution in [0.2, 0.25) is 0 Å². The van der Waals surface area contributed by atoms with E-state index in [1.165, 1.54) is 0 Å². The number of alkyl halides is 3. The fourth-order valence-corrected chi connectivity index (χ4v) is 0.776. The molecule has 0 saturated carbocycles. The zero-order valence-electron chi connectivity index (χ0n) is 6.47. The lowest BCUT2D eigenvalue weighted by molar-refractivity contribution is -0.147. The van der Waals surface area contributed by atoms with Crippen molar-refractivity contribution in [2.75, 3.05) is 0 Å². The van der Waals surface area contributed by atoms with E-state index in [2.05, 4.69) is 0 Å². The van der Waals surface area contributed by atoms with Gasteiger partial charge in [0.05, 0.1) is 12.8 Å². The maximum Gasteiger partial charge on any atom is 0.391 e. The zero-order chi connectivity index (χ0) is 10.5. The number of nitrogens with one attached hydrogen (secondary N) is 1. The van der Waals surface area contributed by atoms with Gasteiger partial charge < -0.3 is 10.4 Å². The Morgan fingerprint density at radius 2 is 2.08 bits per heavy atom. The molecule has 0 radical (unpaired) electrons. The predicted molar refractivity (Wildman–Crippen MR) is 35.9 cm³/mol. The van der Waals surface area contributed by atoms with Crippen LogP contribution in [0.5, 0.6) is 0 Å². The van der Waals surface area contributed by atoms with E-state index in [4.69, 9.17) is 5.11 Å². The summed E-state index contributed by atoms with van der Waals surface area (Å²) in [6.45, 7) is 0. The molecule has 0 aliphatic rings. The van der Waals surface area contributed by atoms with E-state index >= 15 is 0 Å². The molecule has 0 aliphatic heterocycles. The van der Waals surface area contributed by atoms with Gasteiger partial charge in [-0.15, -0.1) is 0 Å². The summed E-state index contributed by atoms with van der Waals surface area (Å²) in [4.78, 5) is 19.9. The minimum absolute atomic E-state index is 0.0549. The van der Waals surface area contributed by atoms with Crippen LogP contribution >= 0.6 is 0 Å². The van der Waals surface area contributed by atoms with E-state index in [1.54, 1.807) is 5.32 Å². The summed E-state index contributed by atoms with van der Waals surface area (Å²) in [5.74, 6) is -1.39. The van der Waals surface area contributed by atoms with Crippen molar-refractivity contribution in [2.24, 2.45) is 0 Å². The Morgan fingerprint density at radius 1 is 1.54 bits per heavy atom. The van der Waals surface area contributed by atoms with Crippen LogP contribution < -0.4 is 5.32 Å². The van der Waals surface area contributed by atoms with Crippen LogP contribution in [0.15, 0.2) is 0 Å². The van der Waals surface area contributed by atoms with Gasteiger partial charge in [-0.25, -0.2) is 0 Å². The van der Waals surface area contributed by atoms with Crippen molar-refractivity contribution in [3.63, 3.8) is 0 Å². The Hall–Kier alpha value is -1.27. The molecule has 4 nitrogen and oxygen atoms in total. The highest BCUT2D eigenvalue weighted by atomic mass is 19.4. The van der Waals surface area contributed by atoms with Gasteiger partial charge in [0.2, 0.25) is 6.41 Å². The molecule has 0 fully saturated rings. The van der Waals surface area contributed by atoms with Crippen molar-refractivity contribution in [1.82, 2.24) is 5.32 Å². The quantitative estimate of drug-likeness (QED) is 0.634. The van der Waals surface area contributed by atoms with E-state index in [9.17, 15) is 22.8 Å². The third kappa shape index (κ3) is 7.10. The third-order valence-corrected chi connectivity index (χ3v) is 1.20. The third-order valence-electron chi connectivity index (χ3n) is 1.20. The highest BCUT2D eigenvalue weighted by molar-refractivity contribution is 5.68. The van der Waals surface area contributed by atoms with Crippen LogP contribution in [-0.2, 0) is 9.59 Å². The molecule has 1 atom stereocenters. The molecule has 0 rings (SSSR count). The number of carbonyl (C=O) groups excluding carboxylic acids is 1. The number of carboxylic acids is 1. The minimum Gasteiger partial charge on any atom is -0.481 e. The summed E-state index contributed by atoms with van der Waals surface area (Å²) in [5, 5.41) is 9.97. The van der Waals surface area contributed by atoms with Crippen LogP contribution in [0.25, 0.3) is 0 Å². The van der Waals surface area contributed by atoms with Crippen LogP contribution in [0.3, 0.4) is 0 Å². The largest absolute Gasteiger partial charge is 0.481 e. The zero-order valence-corrected chi connectivity index (χ0v) is 6.47.